The second-order valence-corrected chi connectivity index (χ2v) is 3.51. The molecule has 0 saturated carbocycles. The first-order valence-corrected chi connectivity index (χ1v) is 5.33. The van der Waals surface area contributed by atoms with Crippen molar-refractivity contribution in [3.8, 4) is 0 Å². The van der Waals surface area contributed by atoms with E-state index in [4.69, 9.17) is 10.2 Å². The molecular formula is C10H10F5N3O2. The van der Waals surface area contributed by atoms with Gasteiger partial charge in [0, 0.05) is 0 Å². The number of aliphatic hydroxyl groups excluding tert-OH is 2. The number of hydrogen-bond acceptors (Lipinski definition) is 4. The Balaban J connectivity index is 3.14. The fourth-order valence-electron chi connectivity index (χ4n) is 1.22. The van der Waals surface area contributed by atoms with Gasteiger partial charge in [-0.1, -0.05) is 5.22 Å². The first-order valence-electron chi connectivity index (χ1n) is 5.33. The van der Waals surface area contributed by atoms with E-state index in [0.29, 0.717) is 0 Å². The van der Waals surface area contributed by atoms with Crippen molar-refractivity contribution in [3.63, 3.8) is 0 Å². The third kappa shape index (κ3) is 3.39. The Kier molecular flexibility index (Phi) is 5.77. The fraction of sp³-hybridized carbons (Fsp3) is 0.400. The van der Waals surface area contributed by atoms with Crippen LogP contribution in [0.25, 0.3) is 0 Å². The zero-order valence-corrected chi connectivity index (χ0v) is 9.95. The van der Waals surface area contributed by atoms with E-state index in [1.807, 2.05) is 0 Å². The molecule has 112 valence electrons. The summed E-state index contributed by atoms with van der Waals surface area (Å²) in [6.45, 7) is -1.09. The Morgan fingerprint density at radius 2 is 1.15 bits per heavy atom. The van der Waals surface area contributed by atoms with Gasteiger partial charge < -0.3 is 10.2 Å². The molecule has 0 aliphatic rings. The van der Waals surface area contributed by atoms with Crippen LogP contribution in [0, 0.1) is 29.1 Å². The number of nitrogens with zero attached hydrogens (tertiary/aromatic N) is 3. The summed E-state index contributed by atoms with van der Waals surface area (Å²) in [6, 6.07) is 0. The number of halogens is 5. The molecule has 0 aromatic heterocycles. The maximum Gasteiger partial charge on any atom is 0.200 e. The minimum absolute atomic E-state index is 0.139. The Bertz CT molecular complexity index is 477. The standard InChI is InChI=1S/C10H10F5N3O2/c11-5-6(12)8(14)10(9(15)7(5)13)16-17-18(1-3-19)2-4-20/h19-20H,1-4H2. The van der Waals surface area contributed by atoms with E-state index in [1.54, 1.807) is 0 Å². The van der Waals surface area contributed by atoms with Gasteiger partial charge in [0.1, 0.15) is 0 Å². The van der Waals surface area contributed by atoms with E-state index >= 15 is 0 Å². The van der Waals surface area contributed by atoms with Crippen LogP contribution in [-0.4, -0.2) is 41.5 Å². The van der Waals surface area contributed by atoms with Gasteiger partial charge in [-0.2, -0.15) is 0 Å². The summed E-state index contributed by atoms with van der Waals surface area (Å²) in [7, 11) is 0. The predicted molar refractivity (Wildman–Crippen MR) is 56.5 cm³/mol. The molecule has 20 heavy (non-hydrogen) atoms. The van der Waals surface area contributed by atoms with E-state index in [1.165, 1.54) is 0 Å². The molecule has 0 bridgehead atoms. The largest absolute Gasteiger partial charge is 0.394 e. The minimum Gasteiger partial charge on any atom is -0.394 e. The molecule has 1 aromatic carbocycles. The Morgan fingerprint density at radius 1 is 0.750 bits per heavy atom. The van der Waals surface area contributed by atoms with Gasteiger partial charge in [0.2, 0.25) is 5.82 Å². The predicted octanol–water partition coefficient (Wildman–Crippen LogP) is 1.67. The van der Waals surface area contributed by atoms with Crippen molar-refractivity contribution >= 4 is 5.69 Å². The van der Waals surface area contributed by atoms with Crippen molar-refractivity contribution in [1.82, 2.24) is 5.01 Å². The highest BCUT2D eigenvalue weighted by atomic mass is 19.2. The van der Waals surface area contributed by atoms with Crippen molar-refractivity contribution in [2.45, 2.75) is 0 Å². The zero-order valence-electron chi connectivity index (χ0n) is 9.95. The maximum atomic E-state index is 13.2. The normalized spacial score (nSPS) is 11.3. The minimum atomic E-state index is -2.29. The average molecular weight is 299 g/mol. The lowest BCUT2D eigenvalue weighted by molar-refractivity contribution is 0.157. The van der Waals surface area contributed by atoms with Crippen LogP contribution in [0.2, 0.25) is 0 Å². The quantitative estimate of drug-likeness (QED) is 0.276. The lowest BCUT2D eigenvalue weighted by Crippen LogP contribution is -2.24. The molecule has 0 atom stereocenters. The van der Waals surface area contributed by atoms with Crippen LogP contribution < -0.4 is 0 Å². The lowest BCUT2D eigenvalue weighted by atomic mass is 10.2. The van der Waals surface area contributed by atoms with Gasteiger partial charge in [0.15, 0.2) is 29.0 Å². The molecule has 0 radical (unpaired) electrons. The van der Waals surface area contributed by atoms with Gasteiger partial charge in [-0.3, -0.25) is 5.01 Å². The molecule has 5 nitrogen and oxygen atoms in total. The second kappa shape index (κ2) is 7.10. The highest BCUT2D eigenvalue weighted by molar-refractivity contribution is 5.41. The summed E-state index contributed by atoms with van der Waals surface area (Å²) in [6.07, 6.45) is 0. The molecule has 1 aromatic rings. The van der Waals surface area contributed by atoms with E-state index in [0.717, 1.165) is 5.01 Å². The Labute approximate surface area is 109 Å². The molecule has 10 heteroatoms. The van der Waals surface area contributed by atoms with Gasteiger partial charge in [-0.15, -0.1) is 5.11 Å². The summed E-state index contributed by atoms with van der Waals surface area (Å²) in [5, 5.41) is 24.4. The summed E-state index contributed by atoms with van der Waals surface area (Å²) < 4.78 is 65.0. The van der Waals surface area contributed by atoms with E-state index in [-0.39, 0.29) is 13.1 Å². The van der Waals surface area contributed by atoms with Crippen molar-refractivity contribution in [2.24, 2.45) is 10.3 Å². The summed E-state index contributed by atoms with van der Waals surface area (Å²) in [4.78, 5) is 0. The van der Waals surface area contributed by atoms with Crippen LogP contribution >= 0.6 is 0 Å². The van der Waals surface area contributed by atoms with E-state index in [2.05, 4.69) is 10.3 Å². The van der Waals surface area contributed by atoms with Crippen LogP contribution in [0.15, 0.2) is 10.3 Å². The first-order chi connectivity index (χ1) is 9.43. The molecule has 0 unspecified atom stereocenters. The number of aliphatic hydroxyl groups is 2. The average Bonchev–Trinajstić information content (AvgIpc) is 2.43. The SMILES string of the molecule is OCCN(CCO)N=Nc1c(F)c(F)c(F)c(F)c1F. The van der Waals surface area contributed by atoms with E-state index in [9.17, 15) is 22.0 Å². The summed E-state index contributed by atoms with van der Waals surface area (Å²) in [5.41, 5.74) is -1.44. The van der Waals surface area contributed by atoms with E-state index < -0.39 is 48.0 Å². The van der Waals surface area contributed by atoms with Crippen molar-refractivity contribution in [2.75, 3.05) is 26.3 Å². The summed E-state index contributed by atoms with van der Waals surface area (Å²) >= 11 is 0. The number of hydrogen-bond donors (Lipinski definition) is 2. The molecule has 1 rings (SSSR count). The van der Waals surface area contributed by atoms with Crippen LogP contribution in [-0.2, 0) is 0 Å². The van der Waals surface area contributed by atoms with Gasteiger partial charge in [-0.25, -0.2) is 22.0 Å². The zero-order chi connectivity index (χ0) is 15.3. The fourth-order valence-corrected chi connectivity index (χ4v) is 1.22. The van der Waals surface area contributed by atoms with Crippen LogP contribution in [0.1, 0.15) is 0 Å². The van der Waals surface area contributed by atoms with Gasteiger partial charge in [-0.05, 0) is 0 Å². The molecule has 0 amide bonds. The first kappa shape index (κ1) is 16.2. The van der Waals surface area contributed by atoms with Gasteiger partial charge >= 0.3 is 0 Å². The molecule has 0 heterocycles. The van der Waals surface area contributed by atoms with Gasteiger partial charge in [0.25, 0.3) is 0 Å². The maximum absolute atomic E-state index is 13.2. The molecule has 0 aliphatic heterocycles. The van der Waals surface area contributed by atoms with Gasteiger partial charge in [0.05, 0.1) is 26.3 Å². The van der Waals surface area contributed by atoms with Crippen molar-refractivity contribution < 1.29 is 32.2 Å². The topological polar surface area (TPSA) is 68.4 Å². The highest BCUT2D eigenvalue weighted by Crippen LogP contribution is 2.29. The van der Waals surface area contributed by atoms with Crippen LogP contribution in [0.4, 0.5) is 27.6 Å². The van der Waals surface area contributed by atoms with Crippen molar-refractivity contribution in [3.05, 3.63) is 29.1 Å². The number of benzene rings is 1. The molecule has 0 aliphatic carbocycles. The number of rotatable bonds is 6. The molecule has 0 saturated heterocycles. The van der Waals surface area contributed by atoms with Crippen LogP contribution in [0.5, 0.6) is 0 Å². The molecule has 2 N–H and O–H groups in total. The van der Waals surface area contributed by atoms with Crippen molar-refractivity contribution in [1.29, 1.82) is 0 Å². The Morgan fingerprint density at radius 3 is 1.55 bits per heavy atom. The monoisotopic (exact) mass is 299 g/mol. The Hall–Kier alpha value is -1.81. The van der Waals surface area contributed by atoms with Crippen LogP contribution in [0.3, 0.4) is 0 Å². The molecule has 0 fully saturated rings. The molecular weight excluding hydrogens is 289 g/mol. The third-order valence-corrected chi connectivity index (χ3v) is 2.17. The highest BCUT2D eigenvalue weighted by Gasteiger charge is 2.26. The smallest absolute Gasteiger partial charge is 0.200 e. The summed E-state index contributed by atoms with van der Waals surface area (Å²) in [5.74, 6) is -10.8. The second-order valence-electron chi connectivity index (χ2n) is 3.51. The molecule has 0 spiro atoms. The third-order valence-electron chi connectivity index (χ3n) is 2.17. The lowest BCUT2D eigenvalue weighted by Gasteiger charge is -2.14.